The summed E-state index contributed by atoms with van der Waals surface area (Å²) >= 11 is 0. The molecule has 0 aliphatic carbocycles. The first-order valence-corrected chi connectivity index (χ1v) is 11.8. The highest BCUT2D eigenvalue weighted by Gasteiger charge is 2.26. The van der Waals surface area contributed by atoms with Crippen molar-refractivity contribution in [3.05, 3.63) is 70.1 Å². The number of carbonyl (C=O) groups excluding carboxylic acids is 1. The molecule has 1 saturated heterocycles. The third-order valence-corrected chi connectivity index (χ3v) is 7.19. The number of ether oxygens (including phenoxy) is 1. The van der Waals surface area contributed by atoms with Gasteiger partial charge in [0.25, 0.3) is 5.56 Å². The maximum Gasteiger partial charge on any atom is 0.270 e. The first kappa shape index (κ1) is 22.1. The molecular formula is C22H24N4O5S. The number of aromatic nitrogens is 2. The zero-order valence-electron chi connectivity index (χ0n) is 17.4. The third kappa shape index (κ3) is 5.04. The SMILES string of the molecule is O=C(CCc1nc2ccccc2[nH]c1=O)NCc1ccc(S(=O)(=O)N2CCOCC2)cc1. The van der Waals surface area contributed by atoms with Crippen LogP contribution in [0, 0.1) is 0 Å². The van der Waals surface area contributed by atoms with Crippen LogP contribution in [0.1, 0.15) is 17.7 Å². The fourth-order valence-electron chi connectivity index (χ4n) is 3.47. The van der Waals surface area contributed by atoms with Gasteiger partial charge in [0.1, 0.15) is 5.69 Å². The molecule has 168 valence electrons. The monoisotopic (exact) mass is 456 g/mol. The van der Waals surface area contributed by atoms with Crippen molar-refractivity contribution in [2.75, 3.05) is 26.3 Å². The molecule has 0 radical (unpaired) electrons. The minimum Gasteiger partial charge on any atom is -0.379 e. The predicted octanol–water partition coefficient (Wildman–Crippen LogP) is 1.19. The van der Waals surface area contributed by atoms with Crippen LogP contribution in [-0.2, 0) is 32.5 Å². The normalized spacial score (nSPS) is 15.0. The lowest BCUT2D eigenvalue weighted by Gasteiger charge is -2.26. The van der Waals surface area contributed by atoms with Crippen LogP contribution in [0.15, 0.2) is 58.2 Å². The van der Waals surface area contributed by atoms with Gasteiger partial charge in [0.15, 0.2) is 0 Å². The van der Waals surface area contributed by atoms with E-state index in [1.165, 1.54) is 4.31 Å². The summed E-state index contributed by atoms with van der Waals surface area (Å²) in [5.41, 5.74) is 2.13. The summed E-state index contributed by atoms with van der Waals surface area (Å²) in [6.07, 6.45) is 0.348. The van der Waals surface area contributed by atoms with Gasteiger partial charge in [-0.1, -0.05) is 24.3 Å². The van der Waals surface area contributed by atoms with Crippen LogP contribution in [0.5, 0.6) is 0 Å². The number of aryl methyl sites for hydroxylation is 1. The van der Waals surface area contributed by atoms with Gasteiger partial charge in [0.2, 0.25) is 15.9 Å². The predicted molar refractivity (Wildman–Crippen MR) is 119 cm³/mol. The standard InChI is InChI=1S/C22H24N4O5S/c27-21(10-9-20-22(28)25-19-4-2-1-3-18(19)24-20)23-15-16-5-7-17(8-6-16)32(29,30)26-11-13-31-14-12-26/h1-8H,9-15H2,(H,23,27)(H,25,28). The molecule has 1 aliphatic rings. The van der Waals surface area contributed by atoms with E-state index in [0.29, 0.717) is 43.0 Å². The Kier molecular flexibility index (Phi) is 6.63. The van der Waals surface area contributed by atoms with E-state index >= 15 is 0 Å². The van der Waals surface area contributed by atoms with E-state index in [4.69, 9.17) is 4.74 Å². The molecule has 1 fully saturated rings. The first-order chi connectivity index (χ1) is 15.4. The van der Waals surface area contributed by atoms with Gasteiger partial charge in [0, 0.05) is 32.5 Å². The fraction of sp³-hybridized carbons (Fsp3) is 0.318. The number of hydrogen-bond donors (Lipinski definition) is 2. The van der Waals surface area contributed by atoms with Crippen LogP contribution in [0.3, 0.4) is 0 Å². The molecule has 0 bridgehead atoms. The number of carbonyl (C=O) groups is 1. The van der Waals surface area contributed by atoms with Crippen LogP contribution in [0.2, 0.25) is 0 Å². The Morgan fingerprint density at radius 1 is 1.09 bits per heavy atom. The number of hydrogen-bond acceptors (Lipinski definition) is 6. The average molecular weight is 457 g/mol. The molecule has 1 aromatic heterocycles. The second-order valence-corrected chi connectivity index (χ2v) is 9.40. The number of amides is 1. The number of H-pyrrole nitrogens is 1. The Morgan fingerprint density at radius 3 is 2.56 bits per heavy atom. The van der Waals surface area contributed by atoms with E-state index in [-0.39, 0.29) is 35.7 Å². The van der Waals surface area contributed by atoms with Gasteiger partial charge >= 0.3 is 0 Å². The number of morpholine rings is 1. The second kappa shape index (κ2) is 9.60. The van der Waals surface area contributed by atoms with Crippen molar-refractivity contribution in [3.63, 3.8) is 0 Å². The van der Waals surface area contributed by atoms with Crippen molar-refractivity contribution in [1.29, 1.82) is 0 Å². The molecule has 9 nitrogen and oxygen atoms in total. The highest BCUT2D eigenvalue weighted by molar-refractivity contribution is 7.89. The minimum atomic E-state index is -3.54. The second-order valence-electron chi connectivity index (χ2n) is 7.47. The molecule has 0 unspecified atom stereocenters. The van der Waals surface area contributed by atoms with Crippen LogP contribution < -0.4 is 10.9 Å². The Hall–Kier alpha value is -3.08. The molecule has 2 aromatic carbocycles. The van der Waals surface area contributed by atoms with Crippen LogP contribution in [-0.4, -0.2) is 54.9 Å². The number of benzene rings is 2. The minimum absolute atomic E-state index is 0.123. The Labute approximate surface area is 185 Å². The highest BCUT2D eigenvalue weighted by atomic mass is 32.2. The quantitative estimate of drug-likeness (QED) is 0.551. The largest absolute Gasteiger partial charge is 0.379 e. The zero-order chi connectivity index (χ0) is 22.6. The number of rotatable bonds is 7. The van der Waals surface area contributed by atoms with Gasteiger partial charge in [-0.15, -0.1) is 0 Å². The van der Waals surface area contributed by atoms with E-state index in [2.05, 4.69) is 15.3 Å². The molecular weight excluding hydrogens is 432 g/mol. The average Bonchev–Trinajstić information content (AvgIpc) is 2.82. The van der Waals surface area contributed by atoms with E-state index in [0.717, 1.165) is 5.56 Å². The fourth-order valence-corrected chi connectivity index (χ4v) is 4.88. The van der Waals surface area contributed by atoms with Crippen LogP contribution in [0.25, 0.3) is 11.0 Å². The number of para-hydroxylation sites is 2. The Balaban J connectivity index is 1.31. The van der Waals surface area contributed by atoms with E-state index in [9.17, 15) is 18.0 Å². The van der Waals surface area contributed by atoms with Gasteiger partial charge in [0.05, 0.1) is 29.1 Å². The summed E-state index contributed by atoms with van der Waals surface area (Å²) in [5.74, 6) is -0.218. The van der Waals surface area contributed by atoms with Crippen molar-refractivity contribution < 1.29 is 17.9 Å². The van der Waals surface area contributed by atoms with Crippen molar-refractivity contribution in [2.24, 2.45) is 0 Å². The summed E-state index contributed by atoms with van der Waals surface area (Å²) < 4.78 is 31.9. The molecule has 10 heteroatoms. The molecule has 4 rings (SSSR count). The molecule has 2 heterocycles. The van der Waals surface area contributed by atoms with Gasteiger partial charge in [-0.25, -0.2) is 13.4 Å². The summed E-state index contributed by atoms with van der Waals surface area (Å²) in [6.45, 7) is 1.73. The highest BCUT2D eigenvalue weighted by Crippen LogP contribution is 2.17. The maximum absolute atomic E-state index is 12.7. The molecule has 3 aromatic rings. The first-order valence-electron chi connectivity index (χ1n) is 10.3. The molecule has 0 atom stereocenters. The lowest BCUT2D eigenvalue weighted by Crippen LogP contribution is -2.40. The van der Waals surface area contributed by atoms with E-state index in [1.807, 2.05) is 12.1 Å². The van der Waals surface area contributed by atoms with Crippen molar-refractivity contribution in [3.8, 4) is 0 Å². The molecule has 1 aliphatic heterocycles. The Morgan fingerprint density at radius 2 is 1.81 bits per heavy atom. The van der Waals surface area contributed by atoms with E-state index < -0.39 is 10.0 Å². The summed E-state index contributed by atoms with van der Waals surface area (Å²) in [5, 5.41) is 2.79. The van der Waals surface area contributed by atoms with Crippen LogP contribution >= 0.6 is 0 Å². The molecule has 0 saturated carbocycles. The molecule has 32 heavy (non-hydrogen) atoms. The maximum atomic E-state index is 12.7. The van der Waals surface area contributed by atoms with Crippen molar-refractivity contribution in [1.82, 2.24) is 19.6 Å². The number of nitrogens with zero attached hydrogens (tertiary/aromatic N) is 2. The smallest absolute Gasteiger partial charge is 0.270 e. The summed E-state index contributed by atoms with van der Waals surface area (Å²) in [4.78, 5) is 31.7. The molecule has 2 N–H and O–H groups in total. The van der Waals surface area contributed by atoms with Gasteiger partial charge in [-0.05, 0) is 29.8 Å². The molecule has 1 amide bonds. The summed E-state index contributed by atoms with van der Waals surface area (Å²) in [7, 11) is -3.54. The number of fused-ring (bicyclic) bond motifs is 1. The summed E-state index contributed by atoms with van der Waals surface area (Å²) in [6, 6.07) is 13.7. The van der Waals surface area contributed by atoms with E-state index in [1.54, 1.807) is 36.4 Å². The lowest BCUT2D eigenvalue weighted by molar-refractivity contribution is -0.121. The van der Waals surface area contributed by atoms with Crippen molar-refractivity contribution >= 4 is 27.0 Å². The lowest BCUT2D eigenvalue weighted by atomic mass is 10.2. The van der Waals surface area contributed by atoms with Gasteiger partial charge < -0.3 is 15.0 Å². The number of nitrogens with one attached hydrogen (secondary N) is 2. The molecule has 0 spiro atoms. The van der Waals surface area contributed by atoms with Crippen LogP contribution in [0.4, 0.5) is 0 Å². The number of sulfonamides is 1. The van der Waals surface area contributed by atoms with Gasteiger partial charge in [-0.2, -0.15) is 4.31 Å². The zero-order valence-corrected chi connectivity index (χ0v) is 18.2. The van der Waals surface area contributed by atoms with Gasteiger partial charge in [-0.3, -0.25) is 9.59 Å². The number of aromatic amines is 1. The third-order valence-electron chi connectivity index (χ3n) is 5.28. The van der Waals surface area contributed by atoms with Crippen molar-refractivity contribution in [2.45, 2.75) is 24.3 Å². The Bertz CT molecular complexity index is 1270. The topological polar surface area (TPSA) is 121 Å².